The van der Waals surface area contributed by atoms with Gasteiger partial charge in [0.15, 0.2) is 0 Å². The second-order valence-corrected chi connectivity index (χ2v) is 5.97. The van der Waals surface area contributed by atoms with E-state index in [1.54, 1.807) is 0 Å². The first-order valence-corrected chi connectivity index (χ1v) is 7.66. The molecule has 0 aliphatic carbocycles. The van der Waals surface area contributed by atoms with Gasteiger partial charge in [0.2, 0.25) is 0 Å². The van der Waals surface area contributed by atoms with Gasteiger partial charge in [0.05, 0.1) is 5.02 Å². The molecule has 0 saturated heterocycles. The molecule has 0 aliphatic rings. The lowest BCUT2D eigenvalue weighted by molar-refractivity contribution is 0.481. The van der Waals surface area contributed by atoms with Crippen molar-refractivity contribution in [3.8, 4) is 11.5 Å². The standard InChI is InChI=1S/C18H22ClNO/c1-4-15(20)10-14-5-6-18(17(19)11-14)21-16-8-12(2)7-13(3)9-16/h5-9,11,15H,4,10,20H2,1-3H3. The van der Waals surface area contributed by atoms with Crippen LogP contribution in [0.3, 0.4) is 0 Å². The van der Waals surface area contributed by atoms with Crippen LogP contribution >= 0.6 is 11.6 Å². The molecule has 2 rings (SSSR count). The van der Waals surface area contributed by atoms with Crippen LogP contribution in [0.4, 0.5) is 0 Å². The van der Waals surface area contributed by atoms with Gasteiger partial charge < -0.3 is 10.5 Å². The number of hydrogen-bond acceptors (Lipinski definition) is 2. The largest absolute Gasteiger partial charge is 0.456 e. The van der Waals surface area contributed by atoms with Crippen LogP contribution in [0.15, 0.2) is 36.4 Å². The summed E-state index contributed by atoms with van der Waals surface area (Å²) in [6, 6.07) is 12.2. The first kappa shape index (κ1) is 15.9. The van der Waals surface area contributed by atoms with Gasteiger partial charge in [0.25, 0.3) is 0 Å². The van der Waals surface area contributed by atoms with E-state index < -0.39 is 0 Å². The highest BCUT2D eigenvalue weighted by atomic mass is 35.5. The second-order valence-electron chi connectivity index (χ2n) is 5.56. The zero-order valence-corrected chi connectivity index (χ0v) is 13.6. The van der Waals surface area contributed by atoms with Crippen LogP contribution in [-0.2, 0) is 6.42 Å². The van der Waals surface area contributed by atoms with Gasteiger partial charge in [-0.05, 0) is 67.6 Å². The van der Waals surface area contributed by atoms with E-state index in [1.807, 2.05) is 30.3 Å². The molecule has 0 saturated carbocycles. The van der Waals surface area contributed by atoms with Crippen LogP contribution in [0.2, 0.25) is 5.02 Å². The first-order chi connectivity index (χ1) is 9.97. The second kappa shape index (κ2) is 6.97. The molecule has 2 aromatic carbocycles. The van der Waals surface area contributed by atoms with Crippen molar-refractivity contribution in [1.29, 1.82) is 0 Å². The van der Waals surface area contributed by atoms with Crippen molar-refractivity contribution in [3.63, 3.8) is 0 Å². The number of benzene rings is 2. The Kier molecular flexibility index (Phi) is 5.27. The summed E-state index contributed by atoms with van der Waals surface area (Å²) < 4.78 is 5.89. The molecule has 0 aromatic heterocycles. The third-order valence-corrected chi connectivity index (χ3v) is 3.74. The molecular formula is C18H22ClNO. The summed E-state index contributed by atoms with van der Waals surface area (Å²) in [6.45, 7) is 6.19. The van der Waals surface area contributed by atoms with Crippen molar-refractivity contribution in [2.45, 2.75) is 39.7 Å². The van der Waals surface area contributed by atoms with E-state index in [1.165, 1.54) is 11.1 Å². The molecule has 0 bridgehead atoms. The summed E-state index contributed by atoms with van der Waals surface area (Å²) in [7, 11) is 0. The Bertz CT molecular complexity index is 604. The van der Waals surface area contributed by atoms with Crippen molar-refractivity contribution >= 4 is 11.6 Å². The van der Waals surface area contributed by atoms with Crippen LogP contribution < -0.4 is 10.5 Å². The van der Waals surface area contributed by atoms with Gasteiger partial charge in [0.1, 0.15) is 11.5 Å². The minimum Gasteiger partial charge on any atom is -0.456 e. The van der Waals surface area contributed by atoms with Crippen LogP contribution in [0.25, 0.3) is 0 Å². The average molecular weight is 304 g/mol. The molecule has 112 valence electrons. The van der Waals surface area contributed by atoms with Crippen LogP contribution in [-0.4, -0.2) is 6.04 Å². The van der Waals surface area contributed by atoms with Crippen molar-refractivity contribution in [3.05, 3.63) is 58.1 Å². The average Bonchev–Trinajstić information content (AvgIpc) is 2.40. The third-order valence-electron chi connectivity index (χ3n) is 3.44. The number of nitrogens with two attached hydrogens (primary N) is 1. The van der Waals surface area contributed by atoms with Gasteiger partial charge in [-0.1, -0.05) is 30.7 Å². The molecule has 0 spiro atoms. The molecule has 2 N–H and O–H groups in total. The van der Waals surface area contributed by atoms with Crippen molar-refractivity contribution < 1.29 is 4.74 Å². The molecule has 1 atom stereocenters. The molecule has 0 amide bonds. The van der Waals surface area contributed by atoms with Gasteiger partial charge in [-0.3, -0.25) is 0 Å². The van der Waals surface area contributed by atoms with E-state index in [2.05, 4.69) is 26.8 Å². The van der Waals surface area contributed by atoms with E-state index in [9.17, 15) is 0 Å². The van der Waals surface area contributed by atoms with Crippen molar-refractivity contribution in [2.24, 2.45) is 5.73 Å². The number of hydrogen-bond donors (Lipinski definition) is 1. The number of halogens is 1. The number of ether oxygens (including phenoxy) is 1. The van der Waals surface area contributed by atoms with Gasteiger partial charge in [-0.15, -0.1) is 0 Å². The zero-order valence-electron chi connectivity index (χ0n) is 12.8. The van der Waals surface area contributed by atoms with Crippen molar-refractivity contribution in [2.75, 3.05) is 0 Å². The Morgan fingerprint density at radius 3 is 2.33 bits per heavy atom. The lowest BCUT2D eigenvalue weighted by Crippen LogP contribution is -2.21. The quantitative estimate of drug-likeness (QED) is 0.841. The Balaban J connectivity index is 2.17. The smallest absolute Gasteiger partial charge is 0.146 e. The maximum Gasteiger partial charge on any atom is 0.146 e. The Morgan fingerprint density at radius 2 is 1.76 bits per heavy atom. The lowest BCUT2D eigenvalue weighted by Gasteiger charge is -2.12. The summed E-state index contributed by atoms with van der Waals surface area (Å²) in [6.07, 6.45) is 1.79. The molecule has 0 heterocycles. The molecule has 2 aromatic rings. The number of aryl methyl sites for hydroxylation is 2. The predicted octanol–water partition coefficient (Wildman–Crippen LogP) is 5.03. The van der Waals surface area contributed by atoms with Crippen molar-refractivity contribution in [1.82, 2.24) is 0 Å². The molecule has 2 nitrogen and oxygen atoms in total. The minimum atomic E-state index is 0.173. The fraction of sp³-hybridized carbons (Fsp3) is 0.333. The summed E-state index contributed by atoms with van der Waals surface area (Å²) in [5.41, 5.74) is 9.46. The zero-order chi connectivity index (χ0) is 15.4. The van der Waals surface area contributed by atoms with E-state index in [0.717, 1.165) is 24.2 Å². The molecule has 21 heavy (non-hydrogen) atoms. The van der Waals surface area contributed by atoms with E-state index in [4.69, 9.17) is 22.1 Å². The Labute approximate surface area is 131 Å². The first-order valence-electron chi connectivity index (χ1n) is 7.28. The van der Waals surface area contributed by atoms with Gasteiger partial charge in [-0.2, -0.15) is 0 Å². The monoisotopic (exact) mass is 303 g/mol. The fourth-order valence-electron chi connectivity index (χ4n) is 2.32. The molecule has 0 aliphatic heterocycles. The minimum absolute atomic E-state index is 0.173. The predicted molar refractivity (Wildman–Crippen MR) is 89.4 cm³/mol. The Hall–Kier alpha value is -1.51. The van der Waals surface area contributed by atoms with Crippen LogP contribution in [0.1, 0.15) is 30.0 Å². The summed E-state index contributed by atoms with van der Waals surface area (Å²) in [4.78, 5) is 0. The maximum atomic E-state index is 6.32. The van der Waals surface area contributed by atoms with Crippen LogP contribution in [0, 0.1) is 13.8 Å². The fourth-order valence-corrected chi connectivity index (χ4v) is 2.56. The van der Waals surface area contributed by atoms with E-state index in [-0.39, 0.29) is 6.04 Å². The molecular weight excluding hydrogens is 282 g/mol. The van der Waals surface area contributed by atoms with Crippen LogP contribution in [0.5, 0.6) is 11.5 Å². The third kappa shape index (κ3) is 4.48. The summed E-state index contributed by atoms with van der Waals surface area (Å²) >= 11 is 6.32. The molecule has 1 unspecified atom stereocenters. The number of rotatable bonds is 5. The van der Waals surface area contributed by atoms with E-state index in [0.29, 0.717) is 10.8 Å². The highest BCUT2D eigenvalue weighted by molar-refractivity contribution is 6.32. The lowest BCUT2D eigenvalue weighted by atomic mass is 10.0. The van der Waals surface area contributed by atoms with E-state index >= 15 is 0 Å². The molecule has 3 heteroatoms. The summed E-state index contributed by atoms with van der Waals surface area (Å²) in [5, 5.41) is 0.620. The highest BCUT2D eigenvalue weighted by Gasteiger charge is 2.08. The van der Waals surface area contributed by atoms with Gasteiger partial charge in [-0.25, -0.2) is 0 Å². The Morgan fingerprint density at radius 1 is 1.10 bits per heavy atom. The maximum absolute atomic E-state index is 6.32. The molecule has 0 radical (unpaired) electrons. The highest BCUT2D eigenvalue weighted by Crippen LogP contribution is 2.31. The van der Waals surface area contributed by atoms with Gasteiger partial charge in [0, 0.05) is 6.04 Å². The van der Waals surface area contributed by atoms with Gasteiger partial charge >= 0.3 is 0 Å². The topological polar surface area (TPSA) is 35.2 Å². The summed E-state index contributed by atoms with van der Waals surface area (Å²) in [5.74, 6) is 1.49. The SMILES string of the molecule is CCC(N)Cc1ccc(Oc2cc(C)cc(C)c2)c(Cl)c1. The molecule has 0 fully saturated rings. The normalized spacial score (nSPS) is 12.2.